The van der Waals surface area contributed by atoms with E-state index >= 15 is 0 Å². The van der Waals surface area contributed by atoms with Gasteiger partial charge in [0.05, 0.1) is 0 Å². The summed E-state index contributed by atoms with van der Waals surface area (Å²) < 4.78 is 0. The van der Waals surface area contributed by atoms with E-state index in [9.17, 15) is 5.11 Å². The van der Waals surface area contributed by atoms with E-state index in [1.54, 1.807) is 12.4 Å². The zero-order valence-corrected chi connectivity index (χ0v) is 16.2. The van der Waals surface area contributed by atoms with Crippen LogP contribution in [0.3, 0.4) is 0 Å². The van der Waals surface area contributed by atoms with Gasteiger partial charge >= 0.3 is 0 Å². The molecule has 0 unspecified atom stereocenters. The summed E-state index contributed by atoms with van der Waals surface area (Å²) in [6, 6.07) is 4.11. The van der Waals surface area contributed by atoms with Crippen LogP contribution in [0.25, 0.3) is 11.6 Å². The van der Waals surface area contributed by atoms with E-state index < -0.39 is 0 Å². The molecule has 2 aliphatic rings. The maximum atomic E-state index is 10.3. The lowest BCUT2D eigenvalue weighted by atomic mass is 9.80. The number of anilines is 1. The smallest absolute Gasteiger partial charge is 0.238 e. The highest BCUT2D eigenvalue weighted by Crippen LogP contribution is 2.33. The first kappa shape index (κ1) is 17.7. The molecule has 142 valence electrons. The molecule has 0 atom stereocenters. The number of aliphatic imine (C=N–C) groups is 1. The van der Waals surface area contributed by atoms with E-state index in [0.717, 1.165) is 24.0 Å². The maximum absolute atomic E-state index is 10.3. The van der Waals surface area contributed by atoms with Gasteiger partial charge in [-0.25, -0.2) is 9.98 Å². The molecule has 0 radical (unpaired) electrons. The summed E-state index contributed by atoms with van der Waals surface area (Å²) in [5.74, 6) is 1.25. The van der Waals surface area contributed by atoms with Gasteiger partial charge in [0.15, 0.2) is 5.82 Å². The lowest BCUT2D eigenvalue weighted by Gasteiger charge is -2.46. The third-order valence-corrected chi connectivity index (χ3v) is 4.97. The molecule has 2 aliphatic heterocycles. The second-order valence-corrected chi connectivity index (χ2v) is 8.70. The molecule has 2 aromatic heterocycles. The van der Waals surface area contributed by atoms with Crippen LogP contribution in [-0.4, -0.2) is 43.4 Å². The summed E-state index contributed by atoms with van der Waals surface area (Å²) in [4.78, 5) is 16.0. The van der Waals surface area contributed by atoms with Crippen molar-refractivity contribution in [2.24, 2.45) is 4.99 Å². The van der Waals surface area contributed by atoms with E-state index in [1.165, 1.54) is 0 Å². The second-order valence-electron chi connectivity index (χ2n) is 8.70. The normalized spacial score (nSPS) is 22.1. The monoisotopic (exact) mass is 366 g/mol. The van der Waals surface area contributed by atoms with Crippen LogP contribution < -0.4 is 10.6 Å². The molecule has 0 aliphatic carbocycles. The van der Waals surface area contributed by atoms with Gasteiger partial charge in [-0.1, -0.05) is 0 Å². The molecule has 0 amide bonds. The molecule has 2 aromatic rings. The Bertz CT molecular complexity index is 908. The van der Waals surface area contributed by atoms with Crippen LogP contribution in [0.15, 0.2) is 23.3 Å². The predicted molar refractivity (Wildman–Crippen MR) is 108 cm³/mol. The summed E-state index contributed by atoms with van der Waals surface area (Å²) in [6.45, 7) is 8.85. The summed E-state index contributed by atoms with van der Waals surface area (Å²) in [5, 5.41) is 17.4. The number of hydrogen-bond acceptors (Lipinski definition) is 6. The van der Waals surface area contributed by atoms with E-state index in [2.05, 4.69) is 58.3 Å². The van der Waals surface area contributed by atoms with E-state index in [0.29, 0.717) is 17.5 Å². The molecule has 4 heterocycles. The van der Waals surface area contributed by atoms with Gasteiger partial charge in [-0.05, 0) is 58.7 Å². The number of aromatic hydroxyl groups is 1. The Morgan fingerprint density at radius 3 is 2.70 bits per heavy atom. The van der Waals surface area contributed by atoms with E-state index in [4.69, 9.17) is 0 Å². The number of rotatable bonds is 3. The first-order valence-corrected chi connectivity index (χ1v) is 9.27. The SMILES string of the molecule is CC1(C)CC(Nc2nc(O)c(C=C3C=Nc4ncccc43)[nH]2)CC(C)(C)N1. The molecular weight excluding hydrogens is 340 g/mol. The average molecular weight is 366 g/mol. The fourth-order valence-electron chi connectivity index (χ4n) is 4.36. The standard InChI is InChI=1S/C20H26N6O/c1-19(2)9-13(10-20(3,4)26-19)23-18-24-15(17(27)25-18)8-12-11-22-16-14(12)6-5-7-21-16/h5-8,11,13,26-27H,9-10H2,1-4H3,(H2,23,24,25). The van der Waals surface area contributed by atoms with Crippen LogP contribution in [0.5, 0.6) is 5.88 Å². The van der Waals surface area contributed by atoms with Crippen molar-refractivity contribution in [3.8, 4) is 5.88 Å². The van der Waals surface area contributed by atoms with Gasteiger partial charge < -0.3 is 20.7 Å². The highest BCUT2D eigenvalue weighted by Gasteiger charge is 2.37. The number of nitrogens with zero attached hydrogens (tertiary/aromatic N) is 3. The van der Waals surface area contributed by atoms with Gasteiger partial charge in [-0.15, -0.1) is 0 Å². The fourth-order valence-corrected chi connectivity index (χ4v) is 4.36. The molecule has 0 spiro atoms. The molecule has 7 heteroatoms. The molecular formula is C20H26N6O. The van der Waals surface area contributed by atoms with Gasteiger partial charge in [-0.3, -0.25) is 0 Å². The fraction of sp³-hybridized carbons (Fsp3) is 0.450. The minimum Gasteiger partial charge on any atom is -0.492 e. The largest absolute Gasteiger partial charge is 0.492 e. The van der Waals surface area contributed by atoms with E-state index in [-0.39, 0.29) is 23.0 Å². The van der Waals surface area contributed by atoms with Crippen molar-refractivity contribution in [3.63, 3.8) is 0 Å². The molecule has 4 N–H and O–H groups in total. The number of allylic oxidation sites excluding steroid dienone is 1. The Hall–Kier alpha value is -2.67. The number of pyridine rings is 1. The van der Waals surface area contributed by atoms with Crippen molar-refractivity contribution in [1.82, 2.24) is 20.3 Å². The number of imidazole rings is 1. The topological polar surface area (TPSA) is 98.2 Å². The number of aromatic nitrogens is 3. The summed E-state index contributed by atoms with van der Waals surface area (Å²) in [6.07, 6.45) is 7.26. The Morgan fingerprint density at radius 1 is 1.22 bits per heavy atom. The molecule has 1 saturated heterocycles. The Morgan fingerprint density at radius 2 is 1.96 bits per heavy atom. The van der Waals surface area contributed by atoms with Crippen molar-refractivity contribution in [2.75, 3.05) is 5.32 Å². The highest BCUT2D eigenvalue weighted by atomic mass is 16.3. The zero-order chi connectivity index (χ0) is 19.2. The van der Waals surface area contributed by atoms with Crippen molar-refractivity contribution in [2.45, 2.75) is 57.7 Å². The highest BCUT2D eigenvalue weighted by molar-refractivity contribution is 6.20. The number of piperidine rings is 1. The zero-order valence-electron chi connectivity index (χ0n) is 16.2. The van der Waals surface area contributed by atoms with Crippen LogP contribution in [0.4, 0.5) is 11.8 Å². The lowest BCUT2D eigenvalue weighted by Crippen LogP contribution is -2.60. The third-order valence-electron chi connectivity index (χ3n) is 4.97. The molecule has 4 rings (SSSR count). The molecule has 1 fully saturated rings. The first-order valence-electron chi connectivity index (χ1n) is 9.27. The predicted octanol–water partition coefficient (Wildman–Crippen LogP) is 3.49. The first-order chi connectivity index (χ1) is 12.7. The van der Waals surface area contributed by atoms with Gasteiger partial charge in [-0.2, -0.15) is 4.98 Å². The van der Waals surface area contributed by atoms with E-state index in [1.807, 2.05) is 18.2 Å². The van der Waals surface area contributed by atoms with Crippen LogP contribution >= 0.6 is 0 Å². The van der Waals surface area contributed by atoms with Crippen LogP contribution in [0, 0.1) is 0 Å². The average Bonchev–Trinajstić information content (AvgIpc) is 3.09. The third kappa shape index (κ3) is 3.73. The van der Waals surface area contributed by atoms with Gasteiger partial charge in [0.2, 0.25) is 11.8 Å². The van der Waals surface area contributed by atoms with Crippen molar-refractivity contribution in [3.05, 3.63) is 29.6 Å². The Balaban J connectivity index is 1.55. The lowest BCUT2D eigenvalue weighted by molar-refractivity contribution is 0.170. The molecule has 0 saturated carbocycles. The number of nitrogens with one attached hydrogen (secondary N) is 3. The molecule has 0 bridgehead atoms. The molecule has 27 heavy (non-hydrogen) atoms. The van der Waals surface area contributed by atoms with Crippen LogP contribution in [-0.2, 0) is 0 Å². The maximum Gasteiger partial charge on any atom is 0.238 e. The van der Waals surface area contributed by atoms with Crippen LogP contribution in [0.1, 0.15) is 51.8 Å². The van der Waals surface area contributed by atoms with Gasteiger partial charge in [0, 0.05) is 40.7 Å². The summed E-state index contributed by atoms with van der Waals surface area (Å²) in [5.41, 5.74) is 2.48. The quantitative estimate of drug-likeness (QED) is 0.667. The minimum absolute atomic E-state index is 0.0248. The Kier molecular flexibility index (Phi) is 4.07. The summed E-state index contributed by atoms with van der Waals surface area (Å²) in [7, 11) is 0. The minimum atomic E-state index is -0.0248. The van der Waals surface area contributed by atoms with Crippen molar-refractivity contribution in [1.29, 1.82) is 0 Å². The van der Waals surface area contributed by atoms with Gasteiger partial charge in [0.1, 0.15) is 5.69 Å². The number of hydrogen-bond donors (Lipinski definition) is 4. The van der Waals surface area contributed by atoms with Gasteiger partial charge in [0.25, 0.3) is 0 Å². The number of H-pyrrole nitrogens is 1. The van der Waals surface area contributed by atoms with Crippen LogP contribution in [0.2, 0.25) is 0 Å². The van der Waals surface area contributed by atoms with Crippen molar-refractivity contribution >= 4 is 29.6 Å². The number of aromatic amines is 1. The molecule has 0 aromatic carbocycles. The number of fused-ring (bicyclic) bond motifs is 1. The van der Waals surface area contributed by atoms with Crippen molar-refractivity contribution < 1.29 is 5.11 Å². The second kappa shape index (κ2) is 6.20. The molecule has 7 nitrogen and oxygen atoms in total. The summed E-state index contributed by atoms with van der Waals surface area (Å²) >= 11 is 0. The Labute approximate surface area is 159 Å².